The number of likely N-dealkylation sites (tertiary alicyclic amines) is 1. The molecule has 0 aromatic heterocycles. The molecule has 0 spiro atoms. The molecule has 0 amide bonds. The van der Waals surface area contributed by atoms with Gasteiger partial charge in [0.05, 0.1) is 0 Å². The second-order valence-electron chi connectivity index (χ2n) is 6.51. The molecule has 0 radical (unpaired) electrons. The highest BCUT2D eigenvalue weighted by molar-refractivity contribution is 6.08. The van der Waals surface area contributed by atoms with Gasteiger partial charge in [-0.05, 0) is 24.9 Å². The molecule has 2 atom stereocenters. The summed E-state index contributed by atoms with van der Waals surface area (Å²) in [6.45, 7) is 2.59. The Bertz CT molecular complexity index is 483. The number of hydrogen-bond donors (Lipinski definition) is 2. The van der Waals surface area contributed by atoms with Crippen molar-refractivity contribution in [3.05, 3.63) is 35.9 Å². The molecule has 1 fully saturated rings. The molecule has 1 aromatic rings. The summed E-state index contributed by atoms with van der Waals surface area (Å²) < 4.78 is 0. The lowest BCUT2D eigenvalue weighted by Crippen LogP contribution is -2.55. The predicted octanol–water partition coefficient (Wildman–Crippen LogP) is 1.51. The van der Waals surface area contributed by atoms with Crippen molar-refractivity contribution in [2.45, 2.75) is 44.1 Å². The Labute approximate surface area is 134 Å². The van der Waals surface area contributed by atoms with Gasteiger partial charge in [-0.15, -0.1) is 0 Å². The highest BCUT2D eigenvalue weighted by Gasteiger charge is 2.44. The first-order valence-corrected chi connectivity index (χ1v) is 8.35. The van der Waals surface area contributed by atoms with Crippen LogP contribution in [0.25, 0.3) is 0 Å². The van der Waals surface area contributed by atoms with E-state index in [1.54, 1.807) is 0 Å². The standard InChI is InChI=1S/C17H27BN2O2/c18-10-5-4-9-17(19,16(21)22)15-8-11-20(13-15)12-14-6-2-1-3-7-14/h1-3,6-7,15H,4-5,8-13,18-19H2,(H,21,22). The van der Waals surface area contributed by atoms with Crippen LogP contribution in [-0.4, -0.2) is 42.5 Å². The molecule has 1 aliphatic rings. The first kappa shape index (κ1) is 17.0. The number of rotatable bonds is 8. The molecule has 120 valence electrons. The molecule has 2 unspecified atom stereocenters. The third-order valence-electron chi connectivity index (χ3n) is 4.84. The molecule has 1 aliphatic heterocycles. The van der Waals surface area contributed by atoms with Gasteiger partial charge in [0.15, 0.2) is 0 Å². The Morgan fingerprint density at radius 2 is 2.09 bits per heavy atom. The van der Waals surface area contributed by atoms with Crippen molar-refractivity contribution in [1.82, 2.24) is 4.90 Å². The smallest absolute Gasteiger partial charge is 0.324 e. The fourth-order valence-corrected chi connectivity index (χ4v) is 3.39. The fraction of sp³-hybridized carbons (Fsp3) is 0.588. The van der Waals surface area contributed by atoms with Crippen LogP contribution in [0.1, 0.15) is 31.2 Å². The maximum Gasteiger partial charge on any atom is 0.324 e. The summed E-state index contributed by atoms with van der Waals surface area (Å²) in [5.74, 6) is -0.791. The van der Waals surface area contributed by atoms with Crippen LogP contribution in [0.4, 0.5) is 0 Å². The van der Waals surface area contributed by atoms with Gasteiger partial charge in [0, 0.05) is 19.0 Å². The van der Waals surface area contributed by atoms with Gasteiger partial charge in [-0.2, -0.15) is 0 Å². The molecule has 1 saturated heterocycles. The lowest BCUT2D eigenvalue weighted by Gasteiger charge is -2.31. The van der Waals surface area contributed by atoms with Gasteiger partial charge in [0.1, 0.15) is 13.4 Å². The highest BCUT2D eigenvalue weighted by Crippen LogP contribution is 2.31. The summed E-state index contributed by atoms with van der Waals surface area (Å²) in [5, 5.41) is 9.62. The number of carbonyl (C=O) groups is 1. The van der Waals surface area contributed by atoms with E-state index in [9.17, 15) is 9.90 Å². The van der Waals surface area contributed by atoms with E-state index in [4.69, 9.17) is 5.73 Å². The summed E-state index contributed by atoms with van der Waals surface area (Å²) in [5.41, 5.74) is 6.52. The first-order valence-electron chi connectivity index (χ1n) is 8.35. The van der Waals surface area contributed by atoms with Gasteiger partial charge < -0.3 is 10.8 Å². The van der Waals surface area contributed by atoms with Crippen molar-refractivity contribution in [2.24, 2.45) is 11.7 Å². The molecule has 0 aliphatic carbocycles. The van der Waals surface area contributed by atoms with Crippen LogP contribution in [0.3, 0.4) is 0 Å². The SMILES string of the molecule is BCCCCC(N)(C(=O)O)C1CCN(Cc2ccccc2)C1. The Balaban J connectivity index is 1.95. The summed E-state index contributed by atoms with van der Waals surface area (Å²) in [4.78, 5) is 14.0. The average molecular weight is 302 g/mol. The molecule has 5 heteroatoms. The lowest BCUT2D eigenvalue weighted by molar-refractivity contribution is -0.145. The number of carboxylic acid groups (broad SMARTS) is 1. The molecule has 0 bridgehead atoms. The van der Waals surface area contributed by atoms with Crippen LogP contribution < -0.4 is 5.73 Å². The van der Waals surface area contributed by atoms with Gasteiger partial charge in [0.25, 0.3) is 0 Å². The molecule has 4 nitrogen and oxygen atoms in total. The van der Waals surface area contributed by atoms with Crippen LogP contribution in [0.5, 0.6) is 0 Å². The maximum absolute atomic E-state index is 11.7. The van der Waals surface area contributed by atoms with Crippen LogP contribution in [0.15, 0.2) is 30.3 Å². The Morgan fingerprint density at radius 3 is 2.73 bits per heavy atom. The van der Waals surface area contributed by atoms with E-state index in [-0.39, 0.29) is 5.92 Å². The molecule has 1 aromatic carbocycles. The number of carboxylic acids is 1. The molecule has 3 N–H and O–H groups in total. The topological polar surface area (TPSA) is 66.6 Å². The monoisotopic (exact) mass is 302 g/mol. The van der Waals surface area contributed by atoms with Crippen molar-refractivity contribution >= 4 is 13.8 Å². The van der Waals surface area contributed by atoms with Gasteiger partial charge in [-0.25, -0.2) is 0 Å². The minimum Gasteiger partial charge on any atom is -0.480 e. The normalized spacial score (nSPS) is 21.6. The number of unbranched alkanes of at least 4 members (excludes halogenated alkanes) is 1. The minimum atomic E-state index is -1.07. The van der Waals surface area contributed by atoms with Crippen LogP contribution >= 0.6 is 0 Å². The fourth-order valence-electron chi connectivity index (χ4n) is 3.39. The van der Waals surface area contributed by atoms with Crippen LogP contribution in [0.2, 0.25) is 6.32 Å². The molecule has 2 rings (SSSR count). The summed E-state index contributed by atoms with van der Waals surface area (Å²) >= 11 is 0. The van der Waals surface area contributed by atoms with Crippen molar-refractivity contribution in [3.63, 3.8) is 0 Å². The number of hydrogen-bond acceptors (Lipinski definition) is 3. The molecular weight excluding hydrogens is 275 g/mol. The minimum absolute atomic E-state index is 0.0468. The maximum atomic E-state index is 11.7. The van der Waals surface area contributed by atoms with E-state index in [2.05, 4.69) is 24.9 Å². The largest absolute Gasteiger partial charge is 0.480 e. The quantitative estimate of drug-likeness (QED) is 0.564. The van der Waals surface area contributed by atoms with Gasteiger partial charge >= 0.3 is 5.97 Å². The first-order chi connectivity index (χ1) is 10.6. The molecular formula is C17H27BN2O2. The zero-order valence-electron chi connectivity index (χ0n) is 13.5. The summed E-state index contributed by atoms with van der Waals surface area (Å²) in [6.07, 6.45) is 4.49. The third kappa shape index (κ3) is 4.11. The van der Waals surface area contributed by atoms with Crippen molar-refractivity contribution in [1.29, 1.82) is 0 Å². The van der Waals surface area contributed by atoms with Gasteiger partial charge in [-0.1, -0.05) is 49.5 Å². The van der Waals surface area contributed by atoms with Crippen LogP contribution in [-0.2, 0) is 11.3 Å². The van der Waals surface area contributed by atoms with Crippen LogP contribution in [0, 0.1) is 5.92 Å². The van der Waals surface area contributed by atoms with E-state index < -0.39 is 11.5 Å². The lowest BCUT2D eigenvalue weighted by atomic mass is 9.79. The summed E-state index contributed by atoms with van der Waals surface area (Å²) in [7, 11) is 2.12. The predicted molar refractivity (Wildman–Crippen MR) is 91.6 cm³/mol. The second-order valence-corrected chi connectivity index (χ2v) is 6.51. The molecule has 22 heavy (non-hydrogen) atoms. The third-order valence-corrected chi connectivity index (χ3v) is 4.84. The van der Waals surface area contributed by atoms with Gasteiger partial charge in [0.2, 0.25) is 0 Å². The zero-order valence-corrected chi connectivity index (χ0v) is 13.5. The zero-order chi connectivity index (χ0) is 16.0. The Morgan fingerprint density at radius 1 is 1.36 bits per heavy atom. The molecule has 1 heterocycles. The van der Waals surface area contributed by atoms with E-state index in [1.165, 1.54) is 5.56 Å². The summed E-state index contributed by atoms with van der Waals surface area (Å²) in [6, 6.07) is 10.3. The number of nitrogens with zero attached hydrogens (tertiary/aromatic N) is 1. The van der Waals surface area contributed by atoms with E-state index in [0.29, 0.717) is 6.42 Å². The molecule has 0 saturated carbocycles. The van der Waals surface area contributed by atoms with E-state index in [0.717, 1.165) is 45.2 Å². The average Bonchev–Trinajstić information content (AvgIpc) is 2.97. The van der Waals surface area contributed by atoms with E-state index >= 15 is 0 Å². The second kappa shape index (κ2) is 7.79. The Hall–Kier alpha value is -1.33. The van der Waals surface area contributed by atoms with Gasteiger partial charge in [-0.3, -0.25) is 9.69 Å². The number of aliphatic carboxylic acids is 1. The Kier molecular flexibility index (Phi) is 6.03. The van der Waals surface area contributed by atoms with Crippen molar-refractivity contribution in [2.75, 3.05) is 13.1 Å². The number of nitrogens with two attached hydrogens (primary N) is 1. The number of benzene rings is 1. The van der Waals surface area contributed by atoms with Crippen molar-refractivity contribution in [3.8, 4) is 0 Å². The highest BCUT2D eigenvalue weighted by atomic mass is 16.4. The van der Waals surface area contributed by atoms with E-state index in [1.807, 2.05) is 18.2 Å². The van der Waals surface area contributed by atoms with Crippen molar-refractivity contribution < 1.29 is 9.90 Å².